The molecule has 1 aromatic heterocycles. The maximum atomic E-state index is 14.6. The Morgan fingerprint density at radius 1 is 0.778 bits per heavy atom. The molecular formula is C30H22FNO2SSi. The number of ketones is 2. The highest BCUT2D eigenvalue weighted by molar-refractivity contribution is 7.17. The summed E-state index contributed by atoms with van der Waals surface area (Å²) in [6.45, 7) is 0. The highest BCUT2D eigenvalue weighted by Gasteiger charge is 2.47. The molecule has 0 bridgehead atoms. The molecule has 1 spiro atoms. The summed E-state index contributed by atoms with van der Waals surface area (Å²) in [5.74, 6) is -0.617. The van der Waals surface area contributed by atoms with Crippen molar-refractivity contribution in [3.8, 4) is 0 Å². The number of allylic oxidation sites excluding steroid dienone is 1. The maximum Gasteiger partial charge on any atom is 0.197 e. The van der Waals surface area contributed by atoms with Gasteiger partial charge in [0.15, 0.2) is 11.6 Å². The van der Waals surface area contributed by atoms with E-state index in [4.69, 9.17) is 0 Å². The van der Waals surface area contributed by atoms with Gasteiger partial charge in [-0.2, -0.15) is 0 Å². The third-order valence-corrected chi connectivity index (χ3v) is 14.2. The first-order valence-corrected chi connectivity index (χ1v) is 15.5. The van der Waals surface area contributed by atoms with Crippen molar-refractivity contribution >= 4 is 63.8 Å². The van der Waals surface area contributed by atoms with Crippen LogP contribution in [0.2, 0.25) is 12.1 Å². The zero-order valence-corrected chi connectivity index (χ0v) is 21.3. The molecule has 1 saturated heterocycles. The summed E-state index contributed by atoms with van der Waals surface area (Å²) in [7, 11) is -2.02. The number of hydrogen-bond acceptors (Lipinski definition) is 4. The van der Waals surface area contributed by atoms with E-state index in [0.29, 0.717) is 11.1 Å². The van der Waals surface area contributed by atoms with Gasteiger partial charge in [0.2, 0.25) is 0 Å². The monoisotopic (exact) mass is 507 g/mol. The predicted octanol–water partition coefficient (Wildman–Crippen LogP) is 6.49. The van der Waals surface area contributed by atoms with Gasteiger partial charge in [0.1, 0.15) is 18.9 Å². The first-order chi connectivity index (χ1) is 17.6. The number of thiophene rings is 1. The molecule has 2 aliphatic heterocycles. The van der Waals surface area contributed by atoms with Crippen LogP contribution in [0.5, 0.6) is 0 Å². The molecule has 1 aliphatic carbocycles. The highest BCUT2D eigenvalue weighted by atomic mass is 32.1. The topological polar surface area (TPSA) is 37.4 Å². The summed E-state index contributed by atoms with van der Waals surface area (Å²) in [4.78, 5) is 28.9. The molecule has 6 heteroatoms. The van der Waals surface area contributed by atoms with Gasteiger partial charge in [-0.25, -0.2) is 4.39 Å². The lowest BCUT2D eigenvalue weighted by Gasteiger charge is -2.42. The van der Waals surface area contributed by atoms with Gasteiger partial charge in [0.05, 0.1) is 5.57 Å². The Morgan fingerprint density at radius 2 is 1.44 bits per heavy atom. The van der Waals surface area contributed by atoms with E-state index in [9.17, 15) is 14.0 Å². The van der Waals surface area contributed by atoms with E-state index in [2.05, 4.69) is 29.2 Å². The summed E-state index contributed by atoms with van der Waals surface area (Å²) < 4.78 is 14.6. The number of carbonyl (C=O) groups excluding carboxylic acids is 2. The second-order valence-electron chi connectivity index (χ2n) is 9.74. The van der Waals surface area contributed by atoms with Gasteiger partial charge in [-0.05, 0) is 64.9 Å². The average molecular weight is 508 g/mol. The smallest absolute Gasteiger partial charge is 0.197 e. The Kier molecular flexibility index (Phi) is 4.78. The molecule has 0 saturated carbocycles. The van der Waals surface area contributed by atoms with Crippen molar-refractivity contribution in [1.82, 2.24) is 0 Å². The minimum atomic E-state index is -2.02. The Balaban J connectivity index is 1.35. The van der Waals surface area contributed by atoms with Crippen molar-refractivity contribution in [2.45, 2.75) is 24.9 Å². The zero-order valence-electron chi connectivity index (χ0n) is 19.5. The molecule has 3 heterocycles. The number of Topliss-reactive ketones (excluding diaryl/α,β-unsaturated/α-hetero) is 2. The van der Waals surface area contributed by atoms with E-state index in [1.165, 1.54) is 40.2 Å². The molecule has 3 nitrogen and oxygen atoms in total. The number of para-hydroxylation sites is 1. The number of rotatable bonds is 2. The quantitative estimate of drug-likeness (QED) is 0.177. The van der Waals surface area contributed by atoms with Crippen LogP contribution in [0.25, 0.3) is 6.08 Å². The molecule has 1 fully saturated rings. The number of carbonyl (C=O) groups is 2. The molecule has 0 amide bonds. The average Bonchev–Trinajstić information content (AvgIpc) is 3.63. The van der Waals surface area contributed by atoms with Crippen LogP contribution < -0.4 is 15.3 Å². The Labute approximate surface area is 213 Å². The van der Waals surface area contributed by atoms with Crippen LogP contribution in [0.4, 0.5) is 20.8 Å². The number of benzene rings is 3. The number of halogens is 1. The largest absolute Gasteiger partial charge is 0.302 e. The minimum Gasteiger partial charge on any atom is -0.302 e. The number of nitrogens with zero attached hydrogens (tertiary/aromatic N) is 1. The Morgan fingerprint density at radius 3 is 2.19 bits per heavy atom. The lowest BCUT2D eigenvalue weighted by atomic mass is 10.1. The molecule has 4 aromatic rings. The van der Waals surface area contributed by atoms with E-state index in [1.807, 2.05) is 18.2 Å². The van der Waals surface area contributed by atoms with Crippen LogP contribution in [-0.2, 0) is 0 Å². The van der Waals surface area contributed by atoms with Crippen LogP contribution in [0.3, 0.4) is 0 Å². The van der Waals surface area contributed by atoms with E-state index in [-0.39, 0.29) is 23.0 Å². The maximum absolute atomic E-state index is 14.6. The second kappa shape index (κ2) is 7.95. The molecule has 0 unspecified atom stereocenters. The van der Waals surface area contributed by atoms with Crippen molar-refractivity contribution in [3.05, 3.63) is 106 Å². The SMILES string of the molecule is O=C1C(=Cc2ccc(N3c4ccccc4[Si]4(CCCC4)c4cc(F)ccc43)s2)C(=O)c2ccccc21. The van der Waals surface area contributed by atoms with Crippen molar-refractivity contribution in [2.75, 3.05) is 4.90 Å². The molecule has 3 aliphatic rings. The van der Waals surface area contributed by atoms with E-state index in [0.717, 1.165) is 27.7 Å². The van der Waals surface area contributed by atoms with Gasteiger partial charge in [0.25, 0.3) is 0 Å². The molecule has 0 atom stereocenters. The van der Waals surface area contributed by atoms with Crippen molar-refractivity contribution in [3.63, 3.8) is 0 Å². The number of anilines is 3. The standard InChI is InChI=1S/C30H22FNO2SSi/c31-19-11-13-25-27(17-19)36(15-5-6-16-36)26-10-4-3-9-24(26)32(25)28-14-12-20(35-28)18-23-29(33)21-7-1-2-8-22(21)30(23)34/h1-4,7-14,17-18H,5-6,15-16H2. The first kappa shape index (κ1) is 21.7. The van der Waals surface area contributed by atoms with Gasteiger partial charge >= 0.3 is 0 Å². The molecule has 7 rings (SSSR count). The van der Waals surface area contributed by atoms with Crippen LogP contribution >= 0.6 is 11.3 Å². The van der Waals surface area contributed by atoms with Crippen LogP contribution in [0.15, 0.2) is 84.4 Å². The van der Waals surface area contributed by atoms with Gasteiger partial charge in [-0.3, -0.25) is 9.59 Å². The van der Waals surface area contributed by atoms with Crippen molar-refractivity contribution in [1.29, 1.82) is 0 Å². The third kappa shape index (κ3) is 3.01. The number of hydrogen-bond donors (Lipinski definition) is 0. The molecule has 36 heavy (non-hydrogen) atoms. The molecule has 0 radical (unpaired) electrons. The molecule has 0 N–H and O–H groups in total. The normalized spacial score (nSPS) is 17.4. The lowest BCUT2D eigenvalue weighted by Crippen LogP contribution is -2.61. The fourth-order valence-corrected chi connectivity index (χ4v) is 12.8. The minimum absolute atomic E-state index is 0.179. The Bertz CT molecular complexity index is 1580. The van der Waals surface area contributed by atoms with Crippen LogP contribution in [-0.4, -0.2) is 19.6 Å². The number of fused-ring (bicyclic) bond motifs is 5. The fraction of sp³-hybridized carbons (Fsp3) is 0.133. The summed E-state index contributed by atoms with van der Waals surface area (Å²) in [5, 5.41) is 3.55. The van der Waals surface area contributed by atoms with Gasteiger partial charge < -0.3 is 4.90 Å². The van der Waals surface area contributed by atoms with Crippen molar-refractivity contribution in [2.24, 2.45) is 0 Å². The van der Waals surface area contributed by atoms with Crippen LogP contribution in [0, 0.1) is 5.82 Å². The zero-order chi connectivity index (χ0) is 24.4. The second-order valence-corrected chi connectivity index (χ2v) is 15.1. The molecule has 176 valence electrons. The lowest BCUT2D eigenvalue weighted by molar-refractivity contribution is 0.0990. The van der Waals surface area contributed by atoms with Gasteiger partial charge in [-0.15, -0.1) is 11.3 Å². The third-order valence-electron chi connectivity index (χ3n) is 7.86. The van der Waals surface area contributed by atoms with E-state index >= 15 is 0 Å². The summed E-state index contributed by atoms with van der Waals surface area (Å²) >= 11 is 1.54. The Hall–Kier alpha value is -3.61. The van der Waals surface area contributed by atoms with E-state index in [1.54, 1.807) is 42.5 Å². The fourth-order valence-electron chi connectivity index (χ4n) is 6.28. The molecular weight excluding hydrogens is 485 g/mol. The van der Waals surface area contributed by atoms with Gasteiger partial charge in [-0.1, -0.05) is 55.3 Å². The summed E-state index contributed by atoms with van der Waals surface area (Å²) in [6, 6.07) is 27.1. The van der Waals surface area contributed by atoms with Crippen molar-refractivity contribution < 1.29 is 14.0 Å². The molecule has 3 aromatic carbocycles. The van der Waals surface area contributed by atoms with E-state index < -0.39 is 8.07 Å². The summed E-state index contributed by atoms with van der Waals surface area (Å²) in [5.41, 5.74) is 3.39. The first-order valence-electron chi connectivity index (χ1n) is 12.3. The van der Waals surface area contributed by atoms with Crippen LogP contribution in [0.1, 0.15) is 38.4 Å². The van der Waals surface area contributed by atoms with Gasteiger partial charge in [0, 0.05) is 27.4 Å². The predicted molar refractivity (Wildman–Crippen MR) is 146 cm³/mol. The highest BCUT2D eigenvalue weighted by Crippen LogP contribution is 2.45. The summed E-state index contributed by atoms with van der Waals surface area (Å²) in [6.07, 6.45) is 4.10.